The Morgan fingerprint density at radius 2 is 1.35 bits per heavy atom. The molecule has 0 fully saturated rings. The van der Waals surface area contributed by atoms with Crippen LogP contribution in [0.5, 0.6) is 0 Å². The summed E-state index contributed by atoms with van der Waals surface area (Å²) in [5, 5.41) is 5.70. The third kappa shape index (κ3) is 9.34. The molecule has 1 aliphatic rings. The van der Waals surface area contributed by atoms with Gasteiger partial charge in [0.15, 0.2) is 0 Å². The van der Waals surface area contributed by atoms with Crippen LogP contribution in [0.3, 0.4) is 0 Å². The minimum Gasteiger partial charge on any atom is -0.356 e. The summed E-state index contributed by atoms with van der Waals surface area (Å²) >= 11 is 0. The Morgan fingerprint density at radius 1 is 0.808 bits per heavy atom. The molecule has 1 aliphatic heterocycles. The second-order valence-corrected chi connectivity index (χ2v) is 6.48. The Kier molecular flexibility index (Phi) is 11.0. The first-order valence-electron chi connectivity index (χ1n) is 9.61. The lowest BCUT2D eigenvalue weighted by atomic mass is 10.1. The van der Waals surface area contributed by atoms with E-state index in [1.54, 1.807) is 0 Å². The van der Waals surface area contributed by atoms with E-state index in [1.165, 1.54) is 25.0 Å². The number of imide groups is 1. The van der Waals surface area contributed by atoms with Crippen LogP contribution in [0.4, 0.5) is 0 Å². The zero-order valence-corrected chi connectivity index (χ0v) is 15.7. The van der Waals surface area contributed by atoms with Gasteiger partial charge in [-0.25, -0.2) is 0 Å². The van der Waals surface area contributed by atoms with E-state index in [-0.39, 0.29) is 36.6 Å². The SMILES string of the molecule is CCCCCCNC(=O)CCCCCNC(=O)CCN1C(=O)C=CC1=O. The maximum Gasteiger partial charge on any atom is 0.253 e. The van der Waals surface area contributed by atoms with Crippen molar-refractivity contribution in [3.8, 4) is 0 Å². The molecule has 1 rings (SSSR count). The molecule has 0 spiro atoms. The predicted molar refractivity (Wildman–Crippen MR) is 99.1 cm³/mol. The van der Waals surface area contributed by atoms with Gasteiger partial charge in [0.05, 0.1) is 0 Å². The van der Waals surface area contributed by atoms with Crippen LogP contribution in [0.1, 0.15) is 64.7 Å². The molecule has 0 aliphatic carbocycles. The first-order valence-corrected chi connectivity index (χ1v) is 9.61. The molecule has 2 N–H and O–H groups in total. The molecule has 0 unspecified atom stereocenters. The van der Waals surface area contributed by atoms with Crippen molar-refractivity contribution < 1.29 is 19.2 Å². The second-order valence-electron chi connectivity index (χ2n) is 6.48. The standard InChI is InChI=1S/C19H31N3O4/c1-2-3-4-7-13-20-16(23)9-6-5-8-14-21-17(24)12-15-22-18(25)10-11-19(22)26/h10-11H,2-9,12-15H2,1H3,(H,20,23)(H,21,24). The topological polar surface area (TPSA) is 95.6 Å². The molecule has 0 saturated carbocycles. The van der Waals surface area contributed by atoms with Gasteiger partial charge < -0.3 is 10.6 Å². The summed E-state index contributed by atoms with van der Waals surface area (Å²) in [5.74, 6) is -0.820. The number of hydrogen-bond donors (Lipinski definition) is 2. The number of hydrogen-bond acceptors (Lipinski definition) is 4. The van der Waals surface area contributed by atoms with Crippen LogP contribution in [0.2, 0.25) is 0 Å². The molecule has 0 atom stereocenters. The van der Waals surface area contributed by atoms with Crippen molar-refractivity contribution in [1.29, 1.82) is 0 Å². The molecule has 7 heteroatoms. The summed E-state index contributed by atoms with van der Waals surface area (Å²) in [6, 6.07) is 0. The number of unbranched alkanes of at least 4 members (excludes halogenated alkanes) is 5. The van der Waals surface area contributed by atoms with E-state index >= 15 is 0 Å². The number of nitrogens with one attached hydrogen (secondary N) is 2. The average molecular weight is 365 g/mol. The molecule has 0 aromatic carbocycles. The van der Waals surface area contributed by atoms with E-state index in [1.807, 2.05) is 0 Å². The number of nitrogens with zero attached hydrogens (tertiary/aromatic N) is 1. The smallest absolute Gasteiger partial charge is 0.253 e. The molecular weight excluding hydrogens is 334 g/mol. The van der Waals surface area contributed by atoms with E-state index in [4.69, 9.17) is 0 Å². The highest BCUT2D eigenvalue weighted by atomic mass is 16.2. The quantitative estimate of drug-likeness (QED) is 0.362. The largest absolute Gasteiger partial charge is 0.356 e. The number of amides is 4. The normalized spacial score (nSPS) is 13.3. The molecule has 1 heterocycles. The minimum absolute atomic E-state index is 0.0964. The Balaban J connectivity index is 1.93. The van der Waals surface area contributed by atoms with Gasteiger partial charge >= 0.3 is 0 Å². The van der Waals surface area contributed by atoms with Crippen molar-refractivity contribution in [1.82, 2.24) is 15.5 Å². The molecule has 0 aromatic rings. The zero-order chi connectivity index (χ0) is 19.2. The molecule has 0 saturated heterocycles. The van der Waals surface area contributed by atoms with Crippen LogP contribution in [0.15, 0.2) is 12.2 Å². The zero-order valence-electron chi connectivity index (χ0n) is 15.7. The summed E-state index contributed by atoms with van der Waals surface area (Å²) in [5.41, 5.74) is 0. The van der Waals surface area contributed by atoms with Crippen molar-refractivity contribution in [2.24, 2.45) is 0 Å². The van der Waals surface area contributed by atoms with E-state index in [9.17, 15) is 19.2 Å². The van der Waals surface area contributed by atoms with Crippen LogP contribution in [-0.4, -0.2) is 48.2 Å². The first-order chi connectivity index (χ1) is 12.5. The van der Waals surface area contributed by atoms with Gasteiger partial charge in [0.1, 0.15) is 0 Å². The molecule has 7 nitrogen and oxygen atoms in total. The van der Waals surface area contributed by atoms with Crippen molar-refractivity contribution in [2.75, 3.05) is 19.6 Å². The maximum absolute atomic E-state index is 11.7. The lowest BCUT2D eigenvalue weighted by Crippen LogP contribution is -2.34. The van der Waals surface area contributed by atoms with E-state index in [0.29, 0.717) is 13.0 Å². The minimum atomic E-state index is -0.369. The summed E-state index contributed by atoms with van der Waals surface area (Å²) in [6.45, 7) is 3.56. The fourth-order valence-electron chi connectivity index (χ4n) is 2.64. The Morgan fingerprint density at radius 3 is 1.92 bits per heavy atom. The van der Waals surface area contributed by atoms with Crippen molar-refractivity contribution in [3.05, 3.63) is 12.2 Å². The van der Waals surface area contributed by atoms with Crippen molar-refractivity contribution in [2.45, 2.75) is 64.7 Å². The van der Waals surface area contributed by atoms with Gasteiger partial charge in [-0.1, -0.05) is 32.6 Å². The molecule has 0 bridgehead atoms. The van der Waals surface area contributed by atoms with Gasteiger partial charge in [-0.15, -0.1) is 0 Å². The highest BCUT2D eigenvalue weighted by Gasteiger charge is 2.23. The lowest BCUT2D eigenvalue weighted by Gasteiger charge is -2.13. The van der Waals surface area contributed by atoms with Gasteiger partial charge in [-0.05, 0) is 19.3 Å². The molecule has 146 valence electrons. The van der Waals surface area contributed by atoms with Crippen LogP contribution in [-0.2, 0) is 19.2 Å². The average Bonchev–Trinajstić information content (AvgIpc) is 2.94. The van der Waals surface area contributed by atoms with Gasteiger partial charge in [-0.2, -0.15) is 0 Å². The first kappa shape index (κ1) is 21.9. The van der Waals surface area contributed by atoms with E-state index in [0.717, 1.165) is 43.5 Å². The second kappa shape index (κ2) is 13.1. The van der Waals surface area contributed by atoms with Gasteiger partial charge in [0, 0.05) is 44.6 Å². The summed E-state index contributed by atoms with van der Waals surface area (Å²) in [4.78, 5) is 47.1. The third-order valence-corrected chi connectivity index (χ3v) is 4.22. The van der Waals surface area contributed by atoms with E-state index < -0.39 is 0 Å². The summed E-state index contributed by atoms with van der Waals surface area (Å²) in [7, 11) is 0. The molecule has 0 aromatic heterocycles. The number of rotatable bonds is 14. The fraction of sp³-hybridized carbons (Fsp3) is 0.684. The molecular formula is C19H31N3O4. The summed E-state index contributed by atoms with van der Waals surface area (Å²) < 4.78 is 0. The van der Waals surface area contributed by atoms with E-state index in [2.05, 4.69) is 17.6 Å². The van der Waals surface area contributed by atoms with Crippen molar-refractivity contribution in [3.63, 3.8) is 0 Å². The highest BCUT2D eigenvalue weighted by Crippen LogP contribution is 2.04. The maximum atomic E-state index is 11.7. The van der Waals surface area contributed by atoms with Crippen LogP contribution >= 0.6 is 0 Å². The fourth-order valence-corrected chi connectivity index (χ4v) is 2.64. The third-order valence-electron chi connectivity index (χ3n) is 4.22. The van der Waals surface area contributed by atoms with Crippen LogP contribution < -0.4 is 10.6 Å². The molecule has 26 heavy (non-hydrogen) atoms. The van der Waals surface area contributed by atoms with Gasteiger partial charge in [0.25, 0.3) is 11.8 Å². The van der Waals surface area contributed by atoms with Gasteiger partial charge in [-0.3, -0.25) is 24.1 Å². The van der Waals surface area contributed by atoms with Crippen molar-refractivity contribution >= 4 is 23.6 Å². The predicted octanol–water partition coefficient (Wildman–Crippen LogP) is 1.67. The Bertz CT molecular complexity index is 499. The van der Waals surface area contributed by atoms with Crippen LogP contribution in [0.25, 0.3) is 0 Å². The highest BCUT2D eigenvalue weighted by molar-refractivity contribution is 6.13. The number of carbonyl (C=O) groups excluding carboxylic acids is 4. The molecule has 0 radical (unpaired) electrons. The summed E-state index contributed by atoms with van der Waals surface area (Å²) in [6.07, 6.45) is 10.1. The number of carbonyl (C=O) groups is 4. The van der Waals surface area contributed by atoms with Crippen LogP contribution in [0, 0.1) is 0 Å². The Hall–Kier alpha value is -2.18. The lowest BCUT2D eigenvalue weighted by molar-refractivity contribution is -0.137. The Labute approximate surface area is 155 Å². The van der Waals surface area contributed by atoms with Gasteiger partial charge in [0.2, 0.25) is 11.8 Å². The monoisotopic (exact) mass is 365 g/mol. The molecule has 4 amide bonds.